The van der Waals surface area contributed by atoms with Crippen LogP contribution in [0.3, 0.4) is 0 Å². The van der Waals surface area contributed by atoms with Gasteiger partial charge in [-0.25, -0.2) is 0 Å². The van der Waals surface area contributed by atoms with Crippen molar-refractivity contribution in [3.8, 4) is 0 Å². The molecule has 0 aromatic heterocycles. The molecule has 0 saturated heterocycles. The maximum Gasteiger partial charge on any atom is 0.363 e. The molecule has 0 unspecified atom stereocenters. The molecule has 0 spiro atoms. The molecule has 7 heteroatoms. The lowest BCUT2D eigenvalue weighted by Gasteiger charge is -2.31. The Bertz CT molecular complexity index is 203. The highest BCUT2D eigenvalue weighted by atomic mass is 28.5. The summed E-state index contributed by atoms with van der Waals surface area (Å²) < 4.78 is 18.2. The number of hydrogen-bond donors (Lipinski definition) is 0. The fourth-order valence-corrected chi connectivity index (χ4v) is 12.4. The van der Waals surface area contributed by atoms with Crippen LogP contribution in [0.1, 0.15) is 6.92 Å². The average molecular weight is 295 g/mol. The summed E-state index contributed by atoms with van der Waals surface area (Å²) in [7, 11) is -5.26. The van der Waals surface area contributed by atoms with Gasteiger partial charge in [-0.05, 0) is 51.9 Å². The SMILES string of the molecule is CC[Si](O[Si](C)(C)C)O[Si](C)(C)O[Si](C)C. The molecule has 0 atom stereocenters. The van der Waals surface area contributed by atoms with Gasteiger partial charge in [0.15, 0.2) is 17.4 Å². The minimum Gasteiger partial charge on any atom is -0.437 e. The summed E-state index contributed by atoms with van der Waals surface area (Å²) >= 11 is 0. The van der Waals surface area contributed by atoms with E-state index >= 15 is 0 Å². The van der Waals surface area contributed by atoms with Crippen molar-refractivity contribution in [2.24, 2.45) is 0 Å². The molecule has 0 fully saturated rings. The molecule has 0 aliphatic heterocycles. The molecule has 0 aromatic carbocycles. The minimum atomic E-state index is -1.96. The summed E-state index contributed by atoms with van der Waals surface area (Å²) in [6.45, 7) is 17.3. The van der Waals surface area contributed by atoms with E-state index in [1.165, 1.54) is 0 Å². The Hall–Kier alpha value is 0.748. The van der Waals surface area contributed by atoms with Gasteiger partial charge in [-0.2, -0.15) is 0 Å². The van der Waals surface area contributed by atoms with Gasteiger partial charge >= 0.3 is 17.8 Å². The Morgan fingerprint density at radius 2 is 1.38 bits per heavy atom. The van der Waals surface area contributed by atoms with Crippen molar-refractivity contribution in [2.45, 2.75) is 58.8 Å². The van der Waals surface area contributed by atoms with Gasteiger partial charge in [0.1, 0.15) is 0 Å². The lowest BCUT2D eigenvalue weighted by molar-refractivity contribution is 0.352. The maximum absolute atomic E-state index is 6.13. The smallest absolute Gasteiger partial charge is 0.363 e. The van der Waals surface area contributed by atoms with E-state index in [0.29, 0.717) is 0 Å². The quantitative estimate of drug-likeness (QED) is 0.674. The molecule has 2 radical (unpaired) electrons. The number of hydrogen-bond acceptors (Lipinski definition) is 3. The van der Waals surface area contributed by atoms with E-state index in [2.05, 4.69) is 52.8 Å². The molecule has 0 rings (SSSR count). The second-order valence-corrected chi connectivity index (χ2v) is 18.2. The van der Waals surface area contributed by atoms with Crippen LogP contribution in [0.15, 0.2) is 0 Å². The Balaban J connectivity index is 4.30. The van der Waals surface area contributed by atoms with Crippen molar-refractivity contribution in [3.63, 3.8) is 0 Å². The molecule has 0 bridgehead atoms. The lowest BCUT2D eigenvalue weighted by atomic mass is 11.0. The van der Waals surface area contributed by atoms with Gasteiger partial charge in [0.05, 0.1) is 0 Å². The monoisotopic (exact) mass is 294 g/mol. The molecule has 0 amide bonds. The zero-order valence-electron chi connectivity index (χ0n) is 11.9. The molecule has 0 aliphatic carbocycles. The van der Waals surface area contributed by atoms with Crippen LogP contribution in [0.4, 0.5) is 0 Å². The molecule has 16 heavy (non-hydrogen) atoms. The molecule has 0 heterocycles. The van der Waals surface area contributed by atoms with Crippen LogP contribution >= 0.6 is 0 Å². The predicted molar refractivity (Wildman–Crippen MR) is 77.8 cm³/mol. The standard InChI is InChI=1S/C9H26O3Si4/c1-9-14(11-15(4,5)6)12-16(7,8)10-13(2)3/h9H2,1-8H3. The molecule has 0 N–H and O–H groups in total. The molecular formula is C9H26O3Si4. The van der Waals surface area contributed by atoms with E-state index in [1.807, 2.05) is 0 Å². The zero-order valence-corrected chi connectivity index (χ0v) is 15.9. The van der Waals surface area contributed by atoms with E-state index in [4.69, 9.17) is 12.3 Å². The van der Waals surface area contributed by atoms with E-state index in [-0.39, 0.29) is 0 Å². The van der Waals surface area contributed by atoms with Crippen molar-refractivity contribution in [1.82, 2.24) is 0 Å². The fourth-order valence-electron chi connectivity index (χ4n) is 1.29. The van der Waals surface area contributed by atoms with Crippen LogP contribution in [0.25, 0.3) is 0 Å². The summed E-state index contributed by atoms with van der Waals surface area (Å²) in [4.78, 5) is 0. The lowest BCUT2D eigenvalue weighted by Crippen LogP contribution is -2.47. The first kappa shape index (κ1) is 16.7. The zero-order chi connectivity index (χ0) is 13.0. The van der Waals surface area contributed by atoms with Crippen LogP contribution in [-0.4, -0.2) is 35.2 Å². The number of rotatable bonds is 7. The highest BCUT2D eigenvalue weighted by Gasteiger charge is 2.33. The van der Waals surface area contributed by atoms with Crippen LogP contribution in [-0.2, 0) is 12.3 Å². The van der Waals surface area contributed by atoms with Gasteiger partial charge < -0.3 is 12.3 Å². The molecule has 0 aromatic rings. The third-order valence-electron chi connectivity index (χ3n) is 1.52. The van der Waals surface area contributed by atoms with Gasteiger partial charge in [0, 0.05) is 0 Å². The van der Waals surface area contributed by atoms with E-state index in [9.17, 15) is 0 Å². The normalized spacial score (nSPS) is 13.9. The van der Waals surface area contributed by atoms with Crippen LogP contribution < -0.4 is 0 Å². The Kier molecular flexibility index (Phi) is 6.93. The minimum absolute atomic E-state index is 0.679. The highest BCUT2D eigenvalue weighted by molar-refractivity contribution is 6.81. The van der Waals surface area contributed by atoms with Crippen molar-refractivity contribution in [2.75, 3.05) is 0 Å². The molecule has 0 aliphatic rings. The second kappa shape index (κ2) is 6.62. The Morgan fingerprint density at radius 1 is 0.875 bits per heavy atom. The van der Waals surface area contributed by atoms with Crippen molar-refractivity contribution >= 4 is 35.2 Å². The Labute approximate surface area is 106 Å². The third kappa shape index (κ3) is 8.85. The second-order valence-electron chi connectivity index (χ2n) is 5.45. The highest BCUT2D eigenvalue weighted by Crippen LogP contribution is 2.15. The topological polar surface area (TPSA) is 27.7 Å². The van der Waals surface area contributed by atoms with Crippen LogP contribution in [0.2, 0.25) is 51.9 Å². The van der Waals surface area contributed by atoms with Crippen molar-refractivity contribution in [3.05, 3.63) is 0 Å². The van der Waals surface area contributed by atoms with Crippen molar-refractivity contribution in [1.29, 1.82) is 0 Å². The average Bonchev–Trinajstić information content (AvgIpc) is 1.96. The predicted octanol–water partition coefficient (Wildman–Crippen LogP) is 3.33. The fraction of sp³-hybridized carbons (Fsp3) is 1.00. The third-order valence-corrected chi connectivity index (χ3v) is 11.9. The van der Waals surface area contributed by atoms with E-state index < -0.39 is 35.2 Å². The first-order chi connectivity index (χ1) is 7.06. The Morgan fingerprint density at radius 3 is 1.69 bits per heavy atom. The van der Waals surface area contributed by atoms with Gasteiger partial charge in [-0.3, -0.25) is 0 Å². The van der Waals surface area contributed by atoms with Crippen LogP contribution in [0, 0.1) is 0 Å². The summed E-state index contributed by atoms with van der Waals surface area (Å²) in [5.41, 5.74) is 0. The summed E-state index contributed by atoms with van der Waals surface area (Å²) in [5, 5.41) is 0. The van der Waals surface area contributed by atoms with Crippen molar-refractivity contribution < 1.29 is 12.3 Å². The van der Waals surface area contributed by atoms with E-state index in [0.717, 1.165) is 6.04 Å². The molecule has 0 saturated carbocycles. The first-order valence-corrected chi connectivity index (χ1v) is 15.9. The van der Waals surface area contributed by atoms with E-state index in [1.54, 1.807) is 0 Å². The van der Waals surface area contributed by atoms with Gasteiger partial charge in [-0.15, -0.1) is 0 Å². The molecular weight excluding hydrogens is 268 g/mol. The van der Waals surface area contributed by atoms with Gasteiger partial charge in [0.2, 0.25) is 0 Å². The summed E-state index contributed by atoms with van der Waals surface area (Å²) in [6, 6.07) is 0.990. The summed E-state index contributed by atoms with van der Waals surface area (Å²) in [6.07, 6.45) is 0. The van der Waals surface area contributed by atoms with Gasteiger partial charge in [0.25, 0.3) is 0 Å². The molecule has 96 valence electrons. The maximum atomic E-state index is 6.13. The van der Waals surface area contributed by atoms with Crippen LogP contribution in [0.5, 0.6) is 0 Å². The molecule has 3 nitrogen and oxygen atoms in total. The van der Waals surface area contributed by atoms with Gasteiger partial charge in [-0.1, -0.05) is 6.92 Å². The summed E-state index contributed by atoms with van der Waals surface area (Å²) in [5.74, 6) is 0. The first-order valence-electron chi connectivity index (χ1n) is 5.79. The largest absolute Gasteiger partial charge is 0.437 e.